The molecule has 6 N–H and O–H groups in total. The molecule has 0 aliphatic rings. The largest absolute Gasteiger partial charge is 0.507 e. The molecule has 1 rings (SSSR count). The molecule has 0 aromatic heterocycles. The minimum absolute atomic E-state index is 0.0284. The number of nitrogens with two attached hydrogens (primary N) is 1. The number of phenolic OH excluding ortho intramolecular Hbond substituents is 1. The molecule has 0 heterocycles. The average Bonchev–Trinajstić information content (AvgIpc) is 2.54. The summed E-state index contributed by atoms with van der Waals surface area (Å²) in [5, 5.41) is 24.7. The molecular weight excluding hydrogens is 288 g/mol. The van der Waals surface area contributed by atoms with E-state index in [0.29, 0.717) is 24.3 Å². The molecule has 8 nitrogen and oxygen atoms in total. The van der Waals surface area contributed by atoms with Crippen LogP contribution in [0.15, 0.2) is 23.2 Å². The molecule has 0 aliphatic heterocycles. The number of aromatic hydroxyl groups is 1. The standard InChI is InChI=1S/C14H20N4O4/c1-22-12-6-2-5-11(19)9(12)8-18-10(13(20)21)4-3-7-17-14(15)16/h2,5-6,8,10,19H,3-4,7H2,1H3,(H,20,21)(H4,15,16,17)/t10-/m0/s1. The van der Waals surface area contributed by atoms with Gasteiger partial charge < -0.3 is 26.0 Å². The smallest absolute Gasteiger partial charge is 0.328 e. The van der Waals surface area contributed by atoms with Crippen LogP contribution in [0.1, 0.15) is 18.4 Å². The Morgan fingerprint density at radius 2 is 2.45 bits per heavy atom. The van der Waals surface area contributed by atoms with E-state index in [2.05, 4.69) is 15.7 Å². The van der Waals surface area contributed by atoms with E-state index in [0.717, 1.165) is 0 Å². The summed E-state index contributed by atoms with van der Waals surface area (Å²) in [6.45, 7) is 0.382. The predicted molar refractivity (Wildman–Crippen MR) is 82.8 cm³/mol. The molecule has 0 bridgehead atoms. The topological polar surface area (TPSA) is 141 Å². The molecule has 1 aromatic rings. The monoisotopic (exact) mass is 308 g/mol. The zero-order valence-corrected chi connectivity index (χ0v) is 12.2. The lowest BCUT2D eigenvalue weighted by atomic mass is 10.1. The Bertz CT molecular complexity index is 592. The highest BCUT2D eigenvalue weighted by molar-refractivity contribution is 5.89. The SMILES string of the molecule is [H]/N=C(\N)NCCC[C@H](N=Cc1c(O)cccc1OC)C(=O)O. The van der Waals surface area contributed by atoms with Crippen LogP contribution in [0.25, 0.3) is 0 Å². The number of rotatable bonds is 8. The Hall–Kier alpha value is -2.77. The Balaban J connectivity index is 2.71. The number of phenols is 1. The van der Waals surface area contributed by atoms with Gasteiger partial charge in [-0.3, -0.25) is 10.4 Å². The molecule has 22 heavy (non-hydrogen) atoms. The van der Waals surface area contributed by atoms with Crippen LogP contribution in [0, 0.1) is 5.40 Å². The third kappa shape index (κ3) is 5.31. The van der Waals surface area contributed by atoms with Gasteiger partial charge in [-0.2, -0.15) is 0 Å². The van der Waals surface area contributed by atoms with Gasteiger partial charge in [0.05, 0.1) is 12.7 Å². The highest BCUT2D eigenvalue weighted by Gasteiger charge is 2.15. The zero-order chi connectivity index (χ0) is 17.2. The second kappa shape index (κ2) is 8.50. The molecule has 0 fully saturated rings. The Kier molecular flexibility index (Phi) is 6.03. The van der Waals surface area contributed by atoms with E-state index < -0.39 is 12.0 Å². The van der Waals surface area contributed by atoms with Gasteiger partial charge in [0.2, 0.25) is 0 Å². The first-order valence-electron chi connectivity index (χ1n) is 7.07. The summed E-state index contributed by atoms with van der Waals surface area (Å²) >= 11 is 0. The van der Waals surface area contributed by atoms with Crippen LogP contribution in [0.4, 0.5) is 0 Å². The zero-order valence-electron chi connectivity index (χ0n) is 13.2. The molecule has 0 aliphatic carbocycles. The maximum Gasteiger partial charge on any atom is 0.328 e. The minimum Gasteiger partial charge on any atom is -0.507 e. The van der Waals surface area contributed by atoms with Crippen molar-refractivity contribution in [3.05, 3.63) is 23.8 Å². The number of hydrogen-bond donors (Lipinski definition) is 5. The number of aliphatic carboxylic acids is 1. The van der Waals surface area contributed by atoms with Crippen molar-refractivity contribution in [1.82, 2.24) is 5.32 Å². The molecular formula is C14H20N4O4. The molecule has 0 saturated carbocycles. The van der Waals surface area contributed by atoms with Crippen LogP contribution >= 0.6 is 0 Å². The fourth-order valence-electron chi connectivity index (χ4n) is 1.78. The van der Waals surface area contributed by atoms with Crippen molar-refractivity contribution >= 4 is 18.1 Å². The summed E-state index contributed by atoms with van der Waals surface area (Å²) in [5.41, 5.74) is 5.62. The molecule has 120 valence electrons. The second-order valence-corrected chi connectivity index (χ2v) is 4.48. The van der Waals surface area contributed by atoms with Crippen LogP contribution in [0.5, 0.6) is 11.5 Å². The number of ether oxygens (including phenoxy) is 1. The summed E-state index contributed by atoms with van der Waals surface area (Å²) in [6, 6.07) is 3.76. The lowest BCUT2D eigenvalue weighted by Crippen LogP contribution is -2.31. The van der Waals surface area contributed by atoms with Gasteiger partial charge in [-0.25, -0.2) is 4.79 Å². The number of methoxy groups -OCH3 is 1. The van der Waals surface area contributed by atoms with E-state index in [4.69, 9.17) is 11.9 Å². The second-order valence-electron chi connectivity index (χ2n) is 4.48. The first-order chi connectivity index (χ1) is 11.0. The van der Waals surface area contributed by atoms with E-state index >= 15 is 0 Å². The number of aliphatic imine (C=N–C) groups is 1. The Morgan fingerprint density at radius 3 is 3.09 bits per heavy atom. The number of nitrogens with one attached hydrogen (secondary N) is 2. The molecule has 1 atom stereocenters. The molecule has 0 amide bonds. The van der Waals surface area contributed by atoms with Crippen LogP contribution < -0.4 is 15.8 Å². The highest BCUT2D eigenvalue weighted by Crippen LogP contribution is 2.25. The van der Waals surface area contributed by atoms with Gasteiger partial charge in [0.25, 0.3) is 0 Å². The van der Waals surface area contributed by atoms with Crippen molar-refractivity contribution in [2.45, 2.75) is 18.9 Å². The van der Waals surface area contributed by atoms with Gasteiger partial charge in [-0.1, -0.05) is 6.07 Å². The van der Waals surface area contributed by atoms with E-state index in [-0.39, 0.29) is 18.1 Å². The third-order valence-corrected chi connectivity index (χ3v) is 2.89. The molecule has 0 spiro atoms. The molecule has 0 unspecified atom stereocenters. The molecule has 1 aromatic carbocycles. The van der Waals surface area contributed by atoms with Crippen molar-refractivity contribution in [2.75, 3.05) is 13.7 Å². The summed E-state index contributed by atoms with van der Waals surface area (Å²) < 4.78 is 11.8. The highest BCUT2D eigenvalue weighted by atomic mass is 16.5. The Morgan fingerprint density at radius 1 is 1.68 bits per heavy atom. The third-order valence-electron chi connectivity index (χ3n) is 2.89. The summed E-state index contributed by atoms with van der Waals surface area (Å²) in [6.07, 6.45) is 2.03. The van der Waals surface area contributed by atoms with Crippen LogP contribution in [0.3, 0.4) is 0 Å². The normalized spacial score (nSPS) is 13.7. The summed E-state index contributed by atoms with van der Waals surface area (Å²) in [7, 11) is 1.45. The Labute approximate surface area is 129 Å². The van der Waals surface area contributed by atoms with Gasteiger partial charge >= 0.3 is 5.97 Å². The van der Waals surface area contributed by atoms with Crippen molar-refractivity contribution in [2.24, 2.45) is 10.7 Å². The van der Waals surface area contributed by atoms with Crippen LogP contribution in [0.2, 0.25) is 1.41 Å². The van der Waals surface area contributed by atoms with E-state index in [1.165, 1.54) is 19.4 Å². The number of benzene rings is 1. The predicted octanol–water partition coefficient (Wildman–Crippen LogP) is 0.536. The molecule has 0 radical (unpaired) electrons. The van der Waals surface area contributed by atoms with Gasteiger partial charge in [-0.05, 0) is 25.0 Å². The van der Waals surface area contributed by atoms with E-state index in [1.807, 2.05) is 0 Å². The maximum atomic E-state index is 11.2. The average molecular weight is 308 g/mol. The molecule has 0 saturated heterocycles. The van der Waals surface area contributed by atoms with Gasteiger partial charge in [-0.15, -0.1) is 0 Å². The summed E-state index contributed by atoms with van der Waals surface area (Å²) in [5.74, 6) is -0.741. The number of carboxylic acids is 1. The molecule has 8 heteroatoms. The number of guanidine groups is 1. The first kappa shape index (κ1) is 15.6. The quantitative estimate of drug-likeness (QED) is 0.269. The lowest BCUT2D eigenvalue weighted by molar-refractivity contribution is -0.138. The lowest BCUT2D eigenvalue weighted by Gasteiger charge is -2.09. The van der Waals surface area contributed by atoms with Crippen molar-refractivity contribution in [3.8, 4) is 11.5 Å². The minimum atomic E-state index is -1.07. The van der Waals surface area contributed by atoms with Crippen molar-refractivity contribution < 1.29 is 21.2 Å². The number of nitrogens with zero attached hydrogens (tertiary/aromatic N) is 1. The van der Waals surface area contributed by atoms with E-state index in [9.17, 15) is 15.0 Å². The van der Waals surface area contributed by atoms with Crippen LogP contribution in [-0.4, -0.2) is 48.1 Å². The fraction of sp³-hybridized carbons (Fsp3) is 0.357. The number of hydrogen-bond acceptors (Lipinski definition) is 5. The fourth-order valence-corrected chi connectivity index (χ4v) is 1.78. The van der Waals surface area contributed by atoms with E-state index in [1.54, 1.807) is 12.1 Å². The van der Waals surface area contributed by atoms with Gasteiger partial charge in [0, 0.05) is 12.8 Å². The maximum absolute atomic E-state index is 11.2. The van der Waals surface area contributed by atoms with Crippen molar-refractivity contribution in [1.29, 1.82) is 5.40 Å². The number of carboxylic acid groups (broad SMARTS) is 1. The number of carbonyl (C=O) groups is 1. The van der Waals surface area contributed by atoms with Crippen LogP contribution in [-0.2, 0) is 4.79 Å². The van der Waals surface area contributed by atoms with Gasteiger partial charge in [0.15, 0.2) is 7.37 Å². The van der Waals surface area contributed by atoms with Gasteiger partial charge in [0.1, 0.15) is 17.5 Å². The van der Waals surface area contributed by atoms with Crippen molar-refractivity contribution in [3.63, 3.8) is 0 Å². The summed E-state index contributed by atoms with van der Waals surface area (Å²) in [4.78, 5) is 15.2. The first-order valence-corrected chi connectivity index (χ1v) is 6.63.